The smallest absolute Gasteiger partial charge is 0.316 e. The van der Waals surface area contributed by atoms with Crippen molar-refractivity contribution in [1.29, 1.82) is 0 Å². The van der Waals surface area contributed by atoms with Crippen molar-refractivity contribution in [2.24, 2.45) is 33.8 Å². The molecule has 0 aliphatic heterocycles. The van der Waals surface area contributed by atoms with Gasteiger partial charge in [-0.1, -0.05) is 12.1 Å². The fourth-order valence-electron chi connectivity index (χ4n) is 4.09. The molecule has 12 nitrogen and oxygen atoms in total. The van der Waals surface area contributed by atoms with Gasteiger partial charge in [-0.25, -0.2) is 4.79 Å². The van der Waals surface area contributed by atoms with Gasteiger partial charge in [0.2, 0.25) is 11.8 Å². The molecule has 0 bridgehead atoms. The van der Waals surface area contributed by atoms with E-state index < -0.39 is 35.7 Å². The van der Waals surface area contributed by atoms with E-state index in [-0.39, 0.29) is 54.3 Å². The van der Waals surface area contributed by atoms with E-state index in [1.807, 2.05) is 0 Å². The van der Waals surface area contributed by atoms with Gasteiger partial charge in [-0.05, 0) is 37.5 Å². The van der Waals surface area contributed by atoms with Crippen LogP contribution in [0.1, 0.15) is 38.2 Å². The number of rotatable bonds is 14. The fourth-order valence-corrected chi connectivity index (χ4v) is 4.09. The molecule has 2 unspecified atom stereocenters. The molecule has 3 atom stereocenters. The number of hydrogen-bond donors (Lipinski definition) is 5. The van der Waals surface area contributed by atoms with Crippen LogP contribution in [0.3, 0.4) is 0 Å². The first-order valence-electron chi connectivity index (χ1n) is 11.7. The highest BCUT2D eigenvalue weighted by Crippen LogP contribution is 2.23. The number of carbonyl (C=O) groups excluding carboxylic acids is 4. The van der Waals surface area contributed by atoms with Crippen molar-refractivity contribution >= 4 is 29.6 Å². The number of quaternary nitrogens is 1. The van der Waals surface area contributed by atoms with Crippen LogP contribution in [0.5, 0.6) is 5.75 Å². The van der Waals surface area contributed by atoms with Gasteiger partial charge in [-0.3, -0.25) is 23.9 Å². The summed E-state index contributed by atoms with van der Waals surface area (Å²) in [6.07, 6.45) is 1.10. The Morgan fingerprint density at radius 1 is 1.03 bits per heavy atom. The fraction of sp³-hybridized carbons (Fsp3) is 0.542. The largest absolute Gasteiger partial charge is 0.508 e. The number of aromatic hydroxyl groups is 1. The molecule has 0 heterocycles. The van der Waals surface area contributed by atoms with Gasteiger partial charge >= 0.3 is 5.91 Å². The number of phenolic OH excluding ortho intramolecular Hbond substituents is 1. The van der Waals surface area contributed by atoms with Gasteiger partial charge in [0.15, 0.2) is 12.0 Å². The van der Waals surface area contributed by atoms with Crippen LogP contribution in [-0.4, -0.2) is 83.8 Å². The second kappa shape index (κ2) is 13.4. The minimum absolute atomic E-state index is 0.0479. The maximum Gasteiger partial charge on any atom is 0.316 e. The summed E-state index contributed by atoms with van der Waals surface area (Å²) in [6.45, 7) is 1.95. The van der Waals surface area contributed by atoms with Crippen LogP contribution in [0, 0.1) is 5.92 Å². The Balaban J connectivity index is 3.24. The number of aliphatic imine (C=N–C) groups is 1. The Hall–Kier alpha value is -3.67. The van der Waals surface area contributed by atoms with E-state index in [4.69, 9.17) is 22.9 Å². The molecule has 4 amide bonds. The molecule has 9 N–H and O–H groups in total. The van der Waals surface area contributed by atoms with Gasteiger partial charge in [0.1, 0.15) is 11.8 Å². The number of likely N-dealkylation sites (N-methyl/N-ethyl adjacent to an activating group) is 2. The third kappa shape index (κ3) is 8.84. The molecular formula is C24H40N7O5+. The Bertz CT molecular complexity index is 958. The molecule has 0 radical (unpaired) electrons. The third-order valence-electron chi connectivity index (χ3n) is 6.32. The lowest BCUT2D eigenvalue weighted by atomic mass is 9.97. The number of benzene rings is 1. The lowest BCUT2D eigenvalue weighted by Gasteiger charge is -2.39. The normalized spacial score (nSPS) is 13.8. The van der Waals surface area contributed by atoms with Crippen LogP contribution in [0.15, 0.2) is 29.3 Å². The maximum atomic E-state index is 13.8. The van der Waals surface area contributed by atoms with Gasteiger partial charge in [0.05, 0.1) is 20.0 Å². The lowest BCUT2D eigenvalue weighted by molar-refractivity contribution is -0.833. The Labute approximate surface area is 211 Å². The van der Waals surface area contributed by atoms with Crippen LogP contribution < -0.4 is 22.9 Å². The summed E-state index contributed by atoms with van der Waals surface area (Å²) >= 11 is 0. The van der Waals surface area contributed by atoms with Crippen molar-refractivity contribution in [2.45, 2.75) is 51.1 Å². The zero-order chi connectivity index (χ0) is 27.6. The highest BCUT2D eigenvalue weighted by atomic mass is 16.3. The quantitative estimate of drug-likeness (QED) is 0.0935. The zero-order valence-corrected chi connectivity index (χ0v) is 21.5. The molecular weight excluding hydrogens is 466 g/mol. The van der Waals surface area contributed by atoms with Crippen molar-refractivity contribution in [3.8, 4) is 5.75 Å². The SMILES string of the molecule is CC(CCC(N)=O)C(=O)[N+](C)(C)[C@@H](CCCN=C(N)N)C(=O)N(C)C(Cc1ccc(O)cc1)C(N)=O. The Morgan fingerprint density at radius 3 is 2.11 bits per heavy atom. The second-order valence-electron chi connectivity index (χ2n) is 9.49. The minimum atomic E-state index is -0.982. The Morgan fingerprint density at radius 2 is 1.61 bits per heavy atom. The molecule has 0 aromatic heterocycles. The van der Waals surface area contributed by atoms with E-state index in [9.17, 15) is 24.3 Å². The number of amides is 4. The number of carbonyl (C=O) groups is 4. The average molecular weight is 507 g/mol. The van der Waals surface area contributed by atoms with Gasteiger partial charge in [0.25, 0.3) is 5.91 Å². The van der Waals surface area contributed by atoms with E-state index in [1.54, 1.807) is 33.2 Å². The summed E-state index contributed by atoms with van der Waals surface area (Å²) in [5.41, 5.74) is 22.4. The van der Waals surface area contributed by atoms with Gasteiger partial charge in [-0.15, -0.1) is 0 Å². The number of hydrogen-bond acceptors (Lipinski definition) is 6. The predicted molar refractivity (Wildman–Crippen MR) is 136 cm³/mol. The van der Waals surface area contributed by atoms with E-state index in [0.717, 1.165) is 0 Å². The lowest BCUT2D eigenvalue weighted by Crippen LogP contribution is -2.63. The average Bonchev–Trinajstić information content (AvgIpc) is 2.80. The van der Waals surface area contributed by atoms with E-state index in [0.29, 0.717) is 12.0 Å². The van der Waals surface area contributed by atoms with Crippen molar-refractivity contribution in [3.63, 3.8) is 0 Å². The number of guanidine groups is 1. The number of phenols is 1. The maximum absolute atomic E-state index is 13.8. The van der Waals surface area contributed by atoms with Gasteiger partial charge in [0, 0.05) is 32.9 Å². The van der Waals surface area contributed by atoms with Gasteiger partial charge < -0.3 is 32.9 Å². The number of primary amides is 2. The molecule has 200 valence electrons. The highest BCUT2D eigenvalue weighted by molar-refractivity contribution is 5.89. The van der Waals surface area contributed by atoms with Crippen molar-refractivity contribution in [2.75, 3.05) is 27.7 Å². The van der Waals surface area contributed by atoms with Crippen LogP contribution in [0.25, 0.3) is 0 Å². The number of nitrogens with zero attached hydrogens (tertiary/aromatic N) is 3. The molecule has 0 aliphatic carbocycles. The van der Waals surface area contributed by atoms with Crippen LogP contribution in [0.4, 0.5) is 0 Å². The molecule has 0 fully saturated rings. The molecule has 1 aromatic rings. The van der Waals surface area contributed by atoms with Gasteiger partial charge in [-0.2, -0.15) is 0 Å². The first kappa shape index (κ1) is 30.4. The third-order valence-corrected chi connectivity index (χ3v) is 6.32. The zero-order valence-electron chi connectivity index (χ0n) is 21.5. The van der Waals surface area contributed by atoms with Crippen LogP contribution >= 0.6 is 0 Å². The molecule has 1 rings (SSSR count). The second-order valence-corrected chi connectivity index (χ2v) is 9.49. The topological polar surface area (TPSA) is 208 Å². The summed E-state index contributed by atoms with van der Waals surface area (Å²) in [7, 11) is 4.72. The summed E-state index contributed by atoms with van der Waals surface area (Å²) in [5.74, 6) is -2.45. The first-order valence-corrected chi connectivity index (χ1v) is 11.7. The highest BCUT2D eigenvalue weighted by Gasteiger charge is 2.45. The van der Waals surface area contributed by atoms with Crippen molar-refractivity contribution in [3.05, 3.63) is 29.8 Å². The van der Waals surface area contributed by atoms with E-state index in [2.05, 4.69) is 4.99 Å². The standard InChI is InChI=1S/C24H39N7O5/c1-15(7-12-20(25)33)23(36)31(3,4)19(6-5-13-29-24(27)28)22(35)30(2)18(21(26)34)14-16-8-10-17(32)11-9-16/h8-11,15,18-19H,5-7,12-14H2,1-4H3,(H8-,25,26,27,28,29,32,33,34)/p+1/t15?,18?,19-/m0/s1. The summed E-state index contributed by atoms with van der Waals surface area (Å²) < 4.78 is -0.310. The minimum Gasteiger partial charge on any atom is -0.508 e. The summed E-state index contributed by atoms with van der Waals surface area (Å²) in [5, 5.41) is 9.52. The molecule has 1 aromatic carbocycles. The molecule has 36 heavy (non-hydrogen) atoms. The summed E-state index contributed by atoms with van der Waals surface area (Å²) in [6, 6.07) is 4.39. The first-order chi connectivity index (χ1) is 16.7. The van der Waals surface area contributed by atoms with E-state index in [1.165, 1.54) is 24.1 Å². The predicted octanol–water partition coefficient (Wildman–Crippen LogP) is -0.826. The molecule has 0 aliphatic rings. The van der Waals surface area contributed by atoms with Crippen LogP contribution in [-0.2, 0) is 25.6 Å². The van der Waals surface area contributed by atoms with Crippen LogP contribution in [0.2, 0.25) is 0 Å². The molecule has 0 saturated carbocycles. The van der Waals surface area contributed by atoms with Crippen molar-refractivity contribution in [1.82, 2.24) is 4.90 Å². The Kier molecular flexibility index (Phi) is 11.3. The van der Waals surface area contributed by atoms with E-state index >= 15 is 0 Å². The number of nitrogens with two attached hydrogens (primary N) is 4. The van der Waals surface area contributed by atoms with Crippen molar-refractivity contribution < 1.29 is 28.8 Å². The monoisotopic (exact) mass is 506 g/mol. The molecule has 12 heteroatoms. The summed E-state index contributed by atoms with van der Waals surface area (Å²) in [4.78, 5) is 55.9. The molecule has 0 spiro atoms. The molecule has 0 saturated heterocycles.